The van der Waals surface area contributed by atoms with E-state index in [1.165, 1.54) is 35.3 Å². The van der Waals surface area contributed by atoms with Crippen molar-refractivity contribution >= 4 is 29.4 Å². The van der Waals surface area contributed by atoms with Gasteiger partial charge in [0.05, 0.1) is 0 Å². The predicted molar refractivity (Wildman–Crippen MR) is 108 cm³/mol. The number of anilines is 1. The number of hydrogen-bond donors (Lipinski definition) is 1. The Hall–Kier alpha value is -2.11. The summed E-state index contributed by atoms with van der Waals surface area (Å²) in [5.74, 6) is 1.86. The SMILES string of the molecule is Cc1cc(CN2CCSCC2)ccc1NC(=O)/C=C/c1cccc(F)c1. The monoisotopic (exact) mass is 370 g/mol. The fraction of sp³-hybridized carbons (Fsp3) is 0.286. The van der Waals surface area contributed by atoms with Gasteiger partial charge in [-0.1, -0.05) is 24.3 Å². The molecule has 0 unspecified atom stereocenters. The average molecular weight is 370 g/mol. The normalized spacial score (nSPS) is 15.3. The first-order valence-electron chi connectivity index (χ1n) is 8.74. The van der Waals surface area contributed by atoms with Gasteiger partial charge in [0, 0.05) is 42.9 Å². The van der Waals surface area contributed by atoms with E-state index in [0.717, 1.165) is 30.9 Å². The van der Waals surface area contributed by atoms with E-state index in [1.54, 1.807) is 18.2 Å². The summed E-state index contributed by atoms with van der Waals surface area (Å²) in [7, 11) is 0. The van der Waals surface area contributed by atoms with Crippen molar-refractivity contribution in [1.82, 2.24) is 4.90 Å². The summed E-state index contributed by atoms with van der Waals surface area (Å²) in [6.07, 6.45) is 3.03. The summed E-state index contributed by atoms with van der Waals surface area (Å²) in [4.78, 5) is 14.6. The van der Waals surface area contributed by atoms with Crippen molar-refractivity contribution < 1.29 is 9.18 Å². The Balaban J connectivity index is 1.59. The second-order valence-corrected chi connectivity index (χ2v) is 7.64. The number of thioether (sulfide) groups is 1. The van der Waals surface area contributed by atoms with E-state index in [2.05, 4.69) is 22.3 Å². The fourth-order valence-electron chi connectivity index (χ4n) is 2.94. The first-order valence-corrected chi connectivity index (χ1v) is 9.90. The maximum Gasteiger partial charge on any atom is 0.248 e. The van der Waals surface area contributed by atoms with Crippen LogP contribution in [0.4, 0.5) is 10.1 Å². The lowest BCUT2D eigenvalue weighted by molar-refractivity contribution is -0.111. The number of nitrogens with one attached hydrogen (secondary N) is 1. The molecule has 1 fully saturated rings. The van der Waals surface area contributed by atoms with Crippen LogP contribution < -0.4 is 5.32 Å². The van der Waals surface area contributed by atoms with Gasteiger partial charge in [-0.2, -0.15) is 11.8 Å². The van der Waals surface area contributed by atoms with Gasteiger partial charge in [-0.25, -0.2) is 4.39 Å². The molecule has 1 amide bonds. The molecule has 1 saturated heterocycles. The third-order valence-corrected chi connectivity index (χ3v) is 5.28. The molecule has 1 N–H and O–H groups in total. The minimum Gasteiger partial charge on any atom is -0.322 e. The number of benzene rings is 2. The third-order valence-electron chi connectivity index (χ3n) is 4.33. The van der Waals surface area contributed by atoms with Crippen molar-refractivity contribution in [1.29, 1.82) is 0 Å². The van der Waals surface area contributed by atoms with E-state index < -0.39 is 0 Å². The number of carbonyl (C=O) groups is 1. The lowest BCUT2D eigenvalue weighted by Gasteiger charge is -2.26. The van der Waals surface area contributed by atoms with Crippen LogP contribution in [0.3, 0.4) is 0 Å². The van der Waals surface area contributed by atoms with Gasteiger partial charge in [-0.05, 0) is 47.9 Å². The molecule has 2 aromatic carbocycles. The maximum absolute atomic E-state index is 13.2. The zero-order chi connectivity index (χ0) is 18.4. The average Bonchev–Trinajstić information content (AvgIpc) is 2.63. The van der Waals surface area contributed by atoms with Crippen LogP contribution in [-0.2, 0) is 11.3 Å². The van der Waals surface area contributed by atoms with Crippen molar-refractivity contribution in [3.05, 3.63) is 71.0 Å². The highest BCUT2D eigenvalue weighted by molar-refractivity contribution is 7.99. The summed E-state index contributed by atoms with van der Waals surface area (Å²) < 4.78 is 13.2. The topological polar surface area (TPSA) is 32.3 Å². The van der Waals surface area contributed by atoms with Crippen LogP contribution >= 0.6 is 11.8 Å². The standard InChI is InChI=1S/C21H23FN2OS/c1-16-13-18(15-24-9-11-26-12-10-24)5-7-20(16)23-21(25)8-6-17-3-2-4-19(22)14-17/h2-8,13-14H,9-12,15H2,1H3,(H,23,25)/b8-6+. The number of halogens is 1. The van der Waals surface area contributed by atoms with E-state index in [9.17, 15) is 9.18 Å². The minimum absolute atomic E-state index is 0.224. The molecule has 5 heteroatoms. The molecular weight excluding hydrogens is 347 g/mol. The molecule has 1 heterocycles. The summed E-state index contributed by atoms with van der Waals surface area (Å²) in [6, 6.07) is 12.3. The zero-order valence-corrected chi connectivity index (χ0v) is 15.7. The first kappa shape index (κ1) is 18.7. The van der Waals surface area contributed by atoms with E-state index in [1.807, 2.05) is 24.8 Å². The van der Waals surface area contributed by atoms with Gasteiger partial charge < -0.3 is 5.32 Å². The van der Waals surface area contributed by atoms with Crippen molar-refractivity contribution in [3.8, 4) is 0 Å². The molecular formula is C21H23FN2OS. The summed E-state index contributed by atoms with van der Waals surface area (Å²) in [5.41, 5.74) is 3.77. The Bertz CT molecular complexity index is 800. The summed E-state index contributed by atoms with van der Waals surface area (Å²) in [5, 5.41) is 2.89. The smallest absolute Gasteiger partial charge is 0.248 e. The number of hydrogen-bond acceptors (Lipinski definition) is 3. The molecule has 136 valence electrons. The molecule has 2 aromatic rings. The van der Waals surface area contributed by atoms with Crippen LogP contribution in [0.2, 0.25) is 0 Å². The Kier molecular flexibility index (Phi) is 6.47. The van der Waals surface area contributed by atoms with Crippen molar-refractivity contribution in [2.24, 2.45) is 0 Å². The molecule has 1 aliphatic heterocycles. The number of rotatable bonds is 5. The summed E-state index contributed by atoms with van der Waals surface area (Å²) in [6.45, 7) is 5.22. The molecule has 3 nitrogen and oxygen atoms in total. The Morgan fingerprint density at radius 1 is 1.23 bits per heavy atom. The molecule has 0 radical (unpaired) electrons. The highest BCUT2D eigenvalue weighted by atomic mass is 32.2. The highest BCUT2D eigenvalue weighted by Gasteiger charge is 2.11. The van der Waals surface area contributed by atoms with Gasteiger partial charge >= 0.3 is 0 Å². The molecule has 3 rings (SSSR count). The van der Waals surface area contributed by atoms with Crippen LogP contribution in [0, 0.1) is 12.7 Å². The number of amides is 1. The van der Waals surface area contributed by atoms with E-state index in [-0.39, 0.29) is 11.7 Å². The summed E-state index contributed by atoms with van der Waals surface area (Å²) >= 11 is 2.01. The Morgan fingerprint density at radius 3 is 2.77 bits per heavy atom. The van der Waals surface area contributed by atoms with Crippen LogP contribution in [0.5, 0.6) is 0 Å². The second-order valence-electron chi connectivity index (χ2n) is 6.42. The molecule has 1 aliphatic rings. The number of nitrogens with zero attached hydrogens (tertiary/aromatic N) is 1. The number of aryl methyl sites for hydroxylation is 1. The quantitative estimate of drug-likeness (QED) is 0.795. The fourth-order valence-corrected chi connectivity index (χ4v) is 3.92. The second kappa shape index (κ2) is 9.01. The van der Waals surface area contributed by atoms with Crippen LogP contribution in [-0.4, -0.2) is 35.4 Å². The van der Waals surface area contributed by atoms with Gasteiger partial charge in [-0.3, -0.25) is 9.69 Å². The van der Waals surface area contributed by atoms with Crippen LogP contribution in [0.25, 0.3) is 6.08 Å². The van der Waals surface area contributed by atoms with Gasteiger partial charge in [0.2, 0.25) is 5.91 Å². The van der Waals surface area contributed by atoms with Gasteiger partial charge in [0.15, 0.2) is 0 Å². The zero-order valence-electron chi connectivity index (χ0n) is 14.9. The molecule has 26 heavy (non-hydrogen) atoms. The van der Waals surface area contributed by atoms with Crippen molar-refractivity contribution in [2.75, 3.05) is 29.9 Å². The number of carbonyl (C=O) groups excluding carboxylic acids is 1. The minimum atomic E-state index is -0.314. The van der Waals surface area contributed by atoms with E-state index in [0.29, 0.717) is 5.56 Å². The maximum atomic E-state index is 13.2. The van der Waals surface area contributed by atoms with Crippen LogP contribution in [0.15, 0.2) is 48.5 Å². The van der Waals surface area contributed by atoms with Gasteiger partial charge in [-0.15, -0.1) is 0 Å². The molecule has 0 aliphatic carbocycles. The Morgan fingerprint density at radius 2 is 2.04 bits per heavy atom. The van der Waals surface area contributed by atoms with E-state index >= 15 is 0 Å². The van der Waals surface area contributed by atoms with Gasteiger partial charge in [0.1, 0.15) is 5.82 Å². The molecule has 0 spiro atoms. The lowest BCUT2D eigenvalue weighted by atomic mass is 10.1. The largest absolute Gasteiger partial charge is 0.322 e. The molecule has 0 aromatic heterocycles. The molecule has 0 saturated carbocycles. The van der Waals surface area contributed by atoms with Crippen molar-refractivity contribution in [3.63, 3.8) is 0 Å². The first-order chi connectivity index (χ1) is 12.6. The van der Waals surface area contributed by atoms with Gasteiger partial charge in [0.25, 0.3) is 0 Å². The third kappa shape index (κ3) is 5.44. The van der Waals surface area contributed by atoms with Crippen molar-refractivity contribution in [2.45, 2.75) is 13.5 Å². The highest BCUT2D eigenvalue weighted by Crippen LogP contribution is 2.19. The molecule has 0 atom stereocenters. The Labute approximate surface area is 158 Å². The van der Waals surface area contributed by atoms with Crippen LogP contribution in [0.1, 0.15) is 16.7 Å². The lowest BCUT2D eigenvalue weighted by Crippen LogP contribution is -2.31. The van der Waals surface area contributed by atoms with E-state index in [4.69, 9.17) is 0 Å². The molecule has 0 bridgehead atoms. The predicted octanol–water partition coefficient (Wildman–Crippen LogP) is 4.33.